The molecule has 1 aliphatic heterocycles. The number of piperidine rings is 1. The maximum Gasteiger partial charge on any atom is 0.219 e. The SMILES string of the molecule is CC(=O)N1CCC(c2ccc(Br)cc2)C(N)C1. The van der Waals surface area contributed by atoms with Crippen molar-refractivity contribution >= 4 is 21.8 Å². The molecule has 3 nitrogen and oxygen atoms in total. The van der Waals surface area contributed by atoms with Crippen LogP contribution in [0.1, 0.15) is 24.8 Å². The summed E-state index contributed by atoms with van der Waals surface area (Å²) >= 11 is 3.43. The number of likely N-dealkylation sites (tertiary alicyclic amines) is 1. The van der Waals surface area contributed by atoms with E-state index in [1.807, 2.05) is 17.0 Å². The number of hydrogen-bond donors (Lipinski definition) is 1. The first-order valence-electron chi connectivity index (χ1n) is 5.84. The molecule has 1 aliphatic rings. The van der Waals surface area contributed by atoms with Gasteiger partial charge in [0.05, 0.1) is 0 Å². The van der Waals surface area contributed by atoms with E-state index in [4.69, 9.17) is 5.73 Å². The summed E-state index contributed by atoms with van der Waals surface area (Å²) in [5.74, 6) is 0.480. The summed E-state index contributed by atoms with van der Waals surface area (Å²) in [6, 6.07) is 8.34. The number of carbonyl (C=O) groups excluding carboxylic acids is 1. The normalized spacial score (nSPS) is 24.8. The molecule has 2 atom stereocenters. The van der Waals surface area contributed by atoms with Crippen LogP contribution in [0.15, 0.2) is 28.7 Å². The van der Waals surface area contributed by atoms with Gasteiger partial charge in [0.25, 0.3) is 0 Å². The zero-order chi connectivity index (χ0) is 12.4. The number of hydrogen-bond acceptors (Lipinski definition) is 2. The molecule has 0 spiro atoms. The smallest absolute Gasteiger partial charge is 0.219 e. The largest absolute Gasteiger partial charge is 0.341 e. The Hall–Kier alpha value is -0.870. The Labute approximate surface area is 110 Å². The number of nitrogens with zero attached hydrogens (tertiary/aromatic N) is 1. The average Bonchev–Trinajstić information content (AvgIpc) is 2.30. The minimum absolute atomic E-state index is 0.0359. The molecule has 4 heteroatoms. The number of halogens is 1. The summed E-state index contributed by atoms with van der Waals surface area (Å²) in [7, 11) is 0. The summed E-state index contributed by atoms with van der Waals surface area (Å²) in [6.45, 7) is 3.08. The summed E-state index contributed by atoms with van der Waals surface area (Å²) in [5, 5.41) is 0. The predicted molar refractivity (Wildman–Crippen MR) is 71.7 cm³/mol. The van der Waals surface area contributed by atoms with Crippen molar-refractivity contribution in [1.82, 2.24) is 4.90 Å². The Morgan fingerprint density at radius 2 is 2.06 bits per heavy atom. The van der Waals surface area contributed by atoms with Crippen molar-refractivity contribution in [2.45, 2.75) is 25.3 Å². The Balaban J connectivity index is 2.09. The summed E-state index contributed by atoms with van der Waals surface area (Å²) in [4.78, 5) is 13.1. The van der Waals surface area contributed by atoms with Gasteiger partial charge in [0, 0.05) is 36.4 Å². The number of nitrogens with two attached hydrogens (primary N) is 1. The fourth-order valence-corrected chi connectivity index (χ4v) is 2.66. The topological polar surface area (TPSA) is 46.3 Å². The van der Waals surface area contributed by atoms with E-state index in [2.05, 4.69) is 28.1 Å². The third kappa shape index (κ3) is 2.87. The zero-order valence-corrected chi connectivity index (χ0v) is 11.5. The highest BCUT2D eigenvalue weighted by Gasteiger charge is 2.28. The van der Waals surface area contributed by atoms with Crippen molar-refractivity contribution in [3.8, 4) is 0 Å². The molecular weight excluding hydrogens is 280 g/mol. The Kier molecular flexibility index (Phi) is 3.84. The van der Waals surface area contributed by atoms with E-state index in [9.17, 15) is 4.79 Å². The van der Waals surface area contributed by atoms with Gasteiger partial charge < -0.3 is 10.6 Å². The van der Waals surface area contributed by atoms with Crippen molar-refractivity contribution in [3.63, 3.8) is 0 Å². The molecule has 0 saturated carbocycles. The van der Waals surface area contributed by atoms with E-state index in [1.165, 1.54) is 5.56 Å². The molecule has 0 bridgehead atoms. The fourth-order valence-electron chi connectivity index (χ4n) is 2.39. The van der Waals surface area contributed by atoms with Crippen LogP contribution in [0.4, 0.5) is 0 Å². The van der Waals surface area contributed by atoms with Gasteiger partial charge in [0.1, 0.15) is 0 Å². The van der Waals surface area contributed by atoms with Crippen LogP contribution in [0.2, 0.25) is 0 Å². The minimum atomic E-state index is 0.0359. The molecule has 2 rings (SSSR count). The molecule has 0 radical (unpaired) electrons. The molecule has 1 fully saturated rings. The standard InChI is InChI=1S/C13H17BrN2O/c1-9(17)16-7-6-12(13(15)8-16)10-2-4-11(14)5-3-10/h2-5,12-13H,6-8,15H2,1H3. The highest BCUT2D eigenvalue weighted by Crippen LogP contribution is 2.28. The molecule has 92 valence electrons. The third-order valence-electron chi connectivity index (χ3n) is 3.40. The highest BCUT2D eigenvalue weighted by molar-refractivity contribution is 9.10. The quantitative estimate of drug-likeness (QED) is 0.863. The Morgan fingerprint density at radius 3 is 2.59 bits per heavy atom. The van der Waals surface area contributed by atoms with Crippen LogP contribution < -0.4 is 5.73 Å². The average molecular weight is 297 g/mol. The van der Waals surface area contributed by atoms with Gasteiger partial charge in [-0.1, -0.05) is 28.1 Å². The molecule has 1 saturated heterocycles. The van der Waals surface area contributed by atoms with E-state index in [-0.39, 0.29) is 11.9 Å². The van der Waals surface area contributed by atoms with Crippen LogP contribution in [0.5, 0.6) is 0 Å². The number of amides is 1. The second-order valence-corrected chi connectivity index (χ2v) is 5.49. The Bertz CT molecular complexity index is 404. The van der Waals surface area contributed by atoms with Gasteiger partial charge in [0.15, 0.2) is 0 Å². The lowest BCUT2D eigenvalue weighted by atomic mass is 9.86. The third-order valence-corrected chi connectivity index (χ3v) is 3.93. The van der Waals surface area contributed by atoms with Crippen molar-refractivity contribution in [2.24, 2.45) is 5.73 Å². The van der Waals surface area contributed by atoms with Crippen molar-refractivity contribution < 1.29 is 4.79 Å². The number of rotatable bonds is 1. The van der Waals surface area contributed by atoms with Crippen LogP contribution in [-0.2, 0) is 4.79 Å². The van der Waals surface area contributed by atoms with Crippen LogP contribution >= 0.6 is 15.9 Å². The lowest BCUT2D eigenvalue weighted by Gasteiger charge is -2.36. The zero-order valence-electron chi connectivity index (χ0n) is 9.90. The first kappa shape index (κ1) is 12.6. The van der Waals surface area contributed by atoms with Crippen molar-refractivity contribution in [2.75, 3.05) is 13.1 Å². The monoisotopic (exact) mass is 296 g/mol. The predicted octanol–water partition coefficient (Wildman–Crippen LogP) is 2.11. The van der Waals surface area contributed by atoms with E-state index in [1.54, 1.807) is 6.92 Å². The second kappa shape index (κ2) is 5.19. The molecule has 1 aromatic rings. The molecular formula is C13H17BrN2O. The van der Waals surface area contributed by atoms with Gasteiger partial charge in [-0.05, 0) is 24.1 Å². The van der Waals surface area contributed by atoms with Gasteiger partial charge in [-0.2, -0.15) is 0 Å². The van der Waals surface area contributed by atoms with Gasteiger partial charge >= 0.3 is 0 Å². The number of benzene rings is 1. The Morgan fingerprint density at radius 1 is 1.41 bits per heavy atom. The maximum atomic E-state index is 11.3. The lowest BCUT2D eigenvalue weighted by molar-refractivity contribution is -0.130. The van der Waals surface area contributed by atoms with E-state index >= 15 is 0 Å². The molecule has 0 aliphatic carbocycles. The molecule has 2 unspecified atom stereocenters. The van der Waals surface area contributed by atoms with E-state index in [0.717, 1.165) is 17.4 Å². The van der Waals surface area contributed by atoms with Gasteiger partial charge in [-0.25, -0.2) is 0 Å². The van der Waals surface area contributed by atoms with Gasteiger partial charge in [0.2, 0.25) is 5.91 Å². The fraction of sp³-hybridized carbons (Fsp3) is 0.462. The van der Waals surface area contributed by atoms with Crippen LogP contribution in [0.3, 0.4) is 0 Å². The summed E-state index contributed by atoms with van der Waals surface area (Å²) in [6.07, 6.45) is 0.947. The van der Waals surface area contributed by atoms with Crippen LogP contribution in [0, 0.1) is 0 Å². The maximum absolute atomic E-state index is 11.3. The van der Waals surface area contributed by atoms with Gasteiger partial charge in [-0.3, -0.25) is 4.79 Å². The summed E-state index contributed by atoms with van der Waals surface area (Å²) < 4.78 is 1.08. The lowest BCUT2D eigenvalue weighted by Crippen LogP contribution is -2.48. The summed E-state index contributed by atoms with van der Waals surface area (Å²) in [5.41, 5.74) is 7.44. The van der Waals surface area contributed by atoms with Crippen molar-refractivity contribution in [1.29, 1.82) is 0 Å². The molecule has 17 heavy (non-hydrogen) atoms. The molecule has 1 heterocycles. The molecule has 1 amide bonds. The second-order valence-electron chi connectivity index (χ2n) is 4.58. The van der Waals surface area contributed by atoms with Crippen LogP contribution in [-0.4, -0.2) is 29.9 Å². The first-order valence-corrected chi connectivity index (χ1v) is 6.64. The molecule has 2 N–H and O–H groups in total. The first-order chi connectivity index (χ1) is 8.08. The van der Waals surface area contributed by atoms with Gasteiger partial charge in [-0.15, -0.1) is 0 Å². The molecule has 0 aromatic heterocycles. The van der Waals surface area contributed by atoms with E-state index in [0.29, 0.717) is 12.5 Å². The number of carbonyl (C=O) groups is 1. The molecule has 1 aromatic carbocycles. The minimum Gasteiger partial charge on any atom is -0.341 e. The van der Waals surface area contributed by atoms with Crippen molar-refractivity contribution in [3.05, 3.63) is 34.3 Å². The highest BCUT2D eigenvalue weighted by atomic mass is 79.9. The van der Waals surface area contributed by atoms with Crippen LogP contribution in [0.25, 0.3) is 0 Å². The van der Waals surface area contributed by atoms with E-state index < -0.39 is 0 Å².